The van der Waals surface area contributed by atoms with Crippen LogP contribution < -0.4 is 10.5 Å². The van der Waals surface area contributed by atoms with Gasteiger partial charge in [-0.1, -0.05) is 31.0 Å². The average Bonchev–Trinajstić information content (AvgIpc) is 2.82. The first-order valence-electron chi connectivity index (χ1n) is 11.5. The van der Waals surface area contributed by atoms with E-state index in [1.165, 1.54) is 4.90 Å². The van der Waals surface area contributed by atoms with E-state index in [9.17, 15) is 9.90 Å². The number of guanidine groups is 1. The highest BCUT2D eigenvalue weighted by molar-refractivity contribution is 5.84. The number of carbonyl (C=O) groups excluding carboxylic acids is 1. The molecule has 1 fully saturated rings. The molecule has 2 aromatic carbocycles. The Hall–Kier alpha value is -3.26. The normalized spacial score (nSPS) is 20.9. The molecule has 0 bridgehead atoms. The van der Waals surface area contributed by atoms with Gasteiger partial charge in [-0.15, -0.1) is 0 Å². The zero-order valence-corrected chi connectivity index (χ0v) is 19.2. The van der Waals surface area contributed by atoms with E-state index < -0.39 is 12.2 Å². The maximum atomic E-state index is 12.6. The van der Waals surface area contributed by atoms with Crippen molar-refractivity contribution in [3.05, 3.63) is 54.1 Å². The summed E-state index contributed by atoms with van der Waals surface area (Å²) in [5.74, 6) is 1.88. The van der Waals surface area contributed by atoms with Crippen molar-refractivity contribution >= 4 is 17.7 Å². The summed E-state index contributed by atoms with van der Waals surface area (Å²) in [4.78, 5) is 20.5. The number of hydrogen-bond donors (Lipinski definition) is 2. The highest BCUT2D eigenvalue weighted by Crippen LogP contribution is 2.32. The minimum Gasteiger partial charge on any atom is -0.457 e. The van der Waals surface area contributed by atoms with Crippen molar-refractivity contribution in [3.63, 3.8) is 0 Å². The van der Waals surface area contributed by atoms with Crippen molar-refractivity contribution in [2.75, 3.05) is 13.7 Å². The molecule has 0 saturated heterocycles. The van der Waals surface area contributed by atoms with E-state index in [2.05, 4.69) is 4.99 Å². The van der Waals surface area contributed by atoms with Gasteiger partial charge in [0.25, 0.3) is 0 Å². The van der Waals surface area contributed by atoms with E-state index in [-0.39, 0.29) is 18.7 Å². The van der Waals surface area contributed by atoms with Gasteiger partial charge in [0.15, 0.2) is 5.96 Å². The van der Waals surface area contributed by atoms with E-state index in [1.54, 1.807) is 7.05 Å². The third-order valence-corrected chi connectivity index (χ3v) is 6.36. The SMILES string of the molecule is C[C@H](COC(=O)N(C)C1CCCCC1O)N1Cc2cc(Oc3ccccc3)ccc2N=C1N. The Balaban J connectivity index is 1.37. The molecule has 4 rings (SSSR count). The molecule has 0 aromatic heterocycles. The number of nitrogens with two attached hydrogens (primary N) is 1. The second-order valence-corrected chi connectivity index (χ2v) is 8.76. The van der Waals surface area contributed by atoms with E-state index in [0.29, 0.717) is 12.5 Å². The molecule has 8 heteroatoms. The average molecular weight is 453 g/mol. The van der Waals surface area contributed by atoms with Crippen LogP contribution in [0.25, 0.3) is 0 Å². The molecule has 1 aliphatic carbocycles. The molecule has 176 valence electrons. The molecule has 3 atom stereocenters. The fourth-order valence-corrected chi connectivity index (χ4v) is 4.38. The summed E-state index contributed by atoms with van der Waals surface area (Å²) in [6, 6.07) is 15.0. The van der Waals surface area contributed by atoms with E-state index in [4.69, 9.17) is 15.2 Å². The topological polar surface area (TPSA) is 101 Å². The van der Waals surface area contributed by atoms with E-state index >= 15 is 0 Å². The smallest absolute Gasteiger partial charge is 0.409 e. The van der Waals surface area contributed by atoms with Gasteiger partial charge in [0, 0.05) is 19.2 Å². The second kappa shape index (κ2) is 10.1. The molecule has 2 unspecified atom stereocenters. The number of ether oxygens (including phenoxy) is 2. The van der Waals surface area contributed by atoms with Crippen molar-refractivity contribution in [3.8, 4) is 11.5 Å². The van der Waals surface area contributed by atoms with Gasteiger partial charge in [0.05, 0.1) is 23.9 Å². The maximum absolute atomic E-state index is 12.6. The Morgan fingerprint density at radius 3 is 2.73 bits per heavy atom. The predicted molar refractivity (Wildman–Crippen MR) is 127 cm³/mol. The Bertz CT molecular complexity index is 997. The zero-order valence-electron chi connectivity index (χ0n) is 19.2. The van der Waals surface area contributed by atoms with Crippen LogP contribution in [0.1, 0.15) is 38.2 Å². The Morgan fingerprint density at radius 2 is 1.97 bits per heavy atom. The molecule has 2 aromatic rings. The third kappa shape index (κ3) is 5.39. The van der Waals surface area contributed by atoms with Crippen molar-refractivity contribution < 1.29 is 19.4 Å². The number of likely N-dealkylation sites (N-methyl/N-ethyl adjacent to an activating group) is 1. The van der Waals surface area contributed by atoms with Gasteiger partial charge >= 0.3 is 6.09 Å². The van der Waals surface area contributed by atoms with Crippen molar-refractivity contribution in [1.82, 2.24) is 9.80 Å². The molecule has 3 N–H and O–H groups in total. The van der Waals surface area contributed by atoms with Crippen molar-refractivity contribution in [2.45, 2.75) is 57.3 Å². The van der Waals surface area contributed by atoms with Gasteiger partial charge < -0.3 is 30.1 Å². The fourth-order valence-electron chi connectivity index (χ4n) is 4.38. The summed E-state index contributed by atoms with van der Waals surface area (Å²) in [5.41, 5.74) is 8.01. The van der Waals surface area contributed by atoms with Crippen LogP contribution in [0.2, 0.25) is 0 Å². The number of amides is 1. The number of aliphatic imine (C=N–C) groups is 1. The molecule has 1 saturated carbocycles. The first kappa shape index (κ1) is 22.9. The van der Waals surface area contributed by atoms with Crippen LogP contribution in [0.5, 0.6) is 11.5 Å². The largest absolute Gasteiger partial charge is 0.457 e. The molecule has 33 heavy (non-hydrogen) atoms. The van der Waals surface area contributed by atoms with Crippen LogP contribution in [0, 0.1) is 0 Å². The number of para-hydroxylation sites is 1. The number of hydrogen-bond acceptors (Lipinski definition) is 7. The number of benzene rings is 2. The van der Waals surface area contributed by atoms with Crippen molar-refractivity contribution in [2.24, 2.45) is 10.7 Å². The van der Waals surface area contributed by atoms with Crippen LogP contribution in [0.3, 0.4) is 0 Å². The van der Waals surface area contributed by atoms with Gasteiger partial charge in [0.2, 0.25) is 0 Å². The Labute approximate surface area is 194 Å². The van der Waals surface area contributed by atoms with Gasteiger partial charge in [-0.05, 0) is 50.1 Å². The van der Waals surface area contributed by atoms with Crippen LogP contribution in [-0.4, -0.2) is 58.8 Å². The highest BCUT2D eigenvalue weighted by Gasteiger charge is 2.31. The summed E-state index contributed by atoms with van der Waals surface area (Å²) < 4.78 is 11.5. The third-order valence-electron chi connectivity index (χ3n) is 6.36. The molecule has 0 spiro atoms. The minimum absolute atomic E-state index is 0.164. The lowest BCUT2D eigenvalue weighted by molar-refractivity contribution is 0.0186. The summed E-state index contributed by atoms with van der Waals surface area (Å²) in [6.07, 6.45) is 2.57. The van der Waals surface area contributed by atoms with Gasteiger partial charge in [-0.3, -0.25) is 0 Å². The lowest BCUT2D eigenvalue weighted by atomic mass is 9.92. The van der Waals surface area contributed by atoms with Crippen LogP contribution in [0.15, 0.2) is 53.5 Å². The predicted octanol–water partition coefficient (Wildman–Crippen LogP) is 4.00. The lowest BCUT2D eigenvalue weighted by Gasteiger charge is -2.36. The first-order chi connectivity index (χ1) is 15.9. The fraction of sp³-hybridized carbons (Fsp3) is 0.440. The molecule has 8 nitrogen and oxygen atoms in total. The number of rotatable bonds is 6. The quantitative estimate of drug-likeness (QED) is 0.687. The Morgan fingerprint density at radius 1 is 1.21 bits per heavy atom. The number of aliphatic hydroxyl groups is 1. The zero-order chi connectivity index (χ0) is 23.4. The molecular formula is C25H32N4O4. The molecular weight excluding hydrogens is 420 g/mol. The van der Waals surface area contributed by atoms with Gasteiger partial charge in [0.1, 0.15) is 18.1 Å². The van der Waals surface area contributed by atoms with Crippen molar-refractivity contribution in [1.29, 1.82) is 0 Å². The molecule has 1 amide bonds. The summed E-state index contributed by atoms with van der Waals surface area (Å²) in [7, 11) is 1.69. The van der Waals surface area contributed by atoms with Crippen LogP contribution in [0.4, 0.5) is 10.5 Å². The van der Waals surface area contributed by atoms with Crippen LogP contribution >= 0.6 is 0 Å². The van der Waals surface area contributed by atoms with Gasteiger partial charge in [-0.2, -0.15) is 0 Å². The maximum Gasteiger partial charge on any atom is 0.409 e. The minimum atomic E-state index is -0.498. The standard InChI is InChI=1S/C25H32N4O4/c1-17(16-32-25(31)28(2)22-10-6-7-11-23(22)30)29-15-18-14-20(12-13-21(18)27-24(29)26)33-19-8-4-3-5-9-19/h3-5,8-9,12-14,17,22-23,30H,6-7,10-11,15-16H2,1-2H3,(H2,26,27)/t17-,22?,23?/m1/s1. The van der Waals surface area contributed by atoms with E-state index in [1.807, 2.05) is 60.4 Å². The number of carbonyl (C=O) groups is 1. The second-order valence-electron chi connectivity index (χ2n) is 8.76. The number of aliphatic hydroxyl groups excluding tert-OH is 1. The first-order valence-corrected chi connectivity index (χ1v) is 11.5. The number of nitrogens with zero attached hydrogens (tertiary/aromatic N) is 3. The summed E-state index contributed by atoms with van der Waals surface area (Å²) in [6.45, 7) is 2.64. The monoisotopic (exact) mass is 452 g/mol. The highest BCUT2D eigenvalue weighted by atomic mass is 16.6. The molecule has 2 aliphatic rings. The Kier molecular flexibility index (Phi) is 7.03. The molecule has 1 aliphatic heterocycles. The lowest BCUT2D eigenvalue weighted by Crippen LogP contribution is -2.49. The molecule has 1 heterocycles. The summed E-state index contributed by atoms with van der Waals surface area (Å²) in [5, 5.41) is 10.2. The summed E-state index contributed by atoms with van der Waals surface area (Å²) >= 11 is 0. The number of fused-ring (bicyclic) bond motifs is 1. The van der Waals surface area contributed by atoms with Crippen LogP contribution in [-0.2, 0) is 11.3 Å². The molecule has 0 radical (unpaired) electrons. The van der Waals surface area contributed by atoms with Gasteiger partial charge in [-0.25, -0.2) is 9.79 Å². The van der Waals surface area contributed by atoms with E-state index in [0.717, 1.165) is 48.4 Å².